The molecule has 1 aliphatic rings. The minimum Gasteiger partial charge on any atom is -0.466 e. The summed E-state index contributed by atoms with van der Waals surface area (Å²) in [5, 5.41) is 4.41. The predicted molar refractivity (Wildman–Crippen MR) is 91.7 cm³/mol. The van der Waals surface area contributed by atoms with Crippen molar-refractivity contribution in [2.24, 2.45) is 12.8 Å². The first-order valence-corrected chi connectivity index (χ1v) is 8.45. The second-order valence-corrected chi connectivity index (χ2v) is 6.79. The molecule has 2 N–H and O–H groups in total. The van der Waals surface area contributed by atoms with Crippen LogP contribution in [0.4, 0.5) is 0 Å². The highest BCUT2D eigenvalue weighted by molar-refractivity contribution is 5.77. The lowest BCUT2D eigenvalue weighted by atomic mass is 10.0. The van der Waals surface area contributed by atoms with Gasteiger partial charge in [-0.15, -0.1) is 0 Å². The topological polar surface area (TPSA) is 77.3 Å². The first-order chi connectivity index (χ1) is 11.4. The molecule has 24 heavy (non-hydrogen) atoms. The molecule has 2 atom stereocenters. The van der Waals surface area contributed by atoms with Gasteiger partial charge in [-0.2, -0.15) is 5.10 Å². The van der Waals surface area contributed by atoms with Crippen LogP contribution < -0.4 is 5.73 Å². The average molecular weight is 330 g/mol. The van der Waals surface area contributed by atoms with E-state index in [2.05, 4.69) is 5.10 Å². The van der Waals surface area contributed by atoms with Crippen LogP contribution in [0.15, 0.2) is 16.5 Å². The van der Waals surface area contributed by atoms with Gasteiger partial charge in [-0.25, -0.2) is 0 Å². The van der Waals surface area contributed by atoms with Gasteiger partial charge in [0.05, 0.1) is 11.6 Å². The summed E-state index contributed by atoms with van der Waals surface area (Å²) in [4.78, 5) is 14.5. The molecule has 2 aromatic rings. The Morgan fingerprint density at radius 2 is 2.08 bits per heavy atom. The van der Waals surface area contributed by atoms with E-state index in [-0.39, 0.29) is 17.9 Å². The number of aromatic nitrogens is 2. The van der Waals surface area contributed by atoms with Crippen molar-refractivity contribution >= 4 is 5.91 Å². The normalized spacial score (nSPS) is 20.8. The Labute approximate surface area is 142 Å². The zero-order valence-electron chi connectivity index (χ0n) is 14.9. The molecule has 6 heteroatoms. The molecule has 1 saturated heterocycles. The summed E-state index contributed by atoms with van der Waals surface area (Å²) < 4.78 is 7.57. The SMILES string of the molecule is Cc1ccc([C@H]2CN(C(=O)CCc3c(C)nn(C)c3C)C[C@@H]2N)o1. The van der Waals surface area contributed by atoms with Crippen LogP contribution in [0.2, 0.25) is 0 Å². The van der Waals surface area contributed by atoms with Crippen molar-refractivity contribution in [3.63, 3.8) is 0 Å². The quantitative estimate of drug-likeness (QED) is 0.928. The molecule has 0 aromatic carbocycles. The van der Waals surface area contributed by atoms with Crippen LogP contribution in [0.25, 0.3) is 0 Å². The smallest absolute Gasteiger partial charge is 0.222 e. The van der Waals surface area contributed by atoms with Gasteiger partial charge in [0, 0.05) is 38.3 Å². The van der Waals surface area contributed by atoms with Gasteiger partial charge in [0.15, 0.2) is 0 Å². The van der Waals surface area contributed by atoms with Crippen LogP contribution in [-0.2, 0) is 18.3 Å². The first kappa shape index (κ1) is 16.8. The summed E-state index contributed by atoms with van der Waals surface area (Å²) in [6.07, 6.45) is 1.21. The summed E-state index contributed by atoms with van der Waals surface area (Å²) in [6.45, 7) is 7.19. The number of carbonyl (C=O) groups is 1. The van der Waals surface area contributed by atoms with Gasteiger partial charge in [0.25, 0.3) is 0 Å². The van der Waals surface area contributed by atoms with E-state index in [9.17, 15) is 4.79 Å². The van der Waals surface area contributed by atoms with E-state index < -0.39 is 0 Å². The second-order valence-electron chi connectivity index (χ2n) is 6.79. The minimum atomic E-state index is -0.0682. The molecule has 0 bridgehead atoms. The Hall–Kier alpha value is -2.08. The molecule has 0 aliphatic carbocycles. The van der Waals surface area contributed by atoms with E-state index in [1.165, 1.54) is 5.56 Å². The Bertz CT molecular complexity index is 746. The predicted octanol–water partition coefficient (Wildman–Crippen LogP) is 1.82. The maximum atomic E-state index is 12.6. The zero-order valence-corrected chi connectivity index (χ0v) is 14.9. The highest BCUT2D eigenvalue weighted by atomic mass is 16.3. The molecule has 0 unspecified atom stereocenters. The highest BCUT2D eigenvalue weighted by Crippen LogP contribution is 2.28. The van der Waals surface area contributed by atoms with E-state index in [0.717, 1.165) is 29.3 Å². The Morgan fingerprint density at radius 1 is 1.33 bits per heavy atom. The lowest BCUT2D eigenvalue weighted by Crippen LogP contribution is -2.32. The second kappa shape index (κ2) is 6.43. The number of furan rings is 1. The van der Waals surface area contributed by atoms with Crippen LogP contribution in [0.3, 0.4) is 0 Å². The fourth-order valence-electron chi connectivity index (χ4n) is 3.56. The van der Waals surface area contributed by atoms with Gasteiger partial charge in [0.2, 0.25) is 5.91 Å². The van der Waals surface area contributed by atoms with E-state index in [1.54, 1.807) is 0 Å². The number of nitrogens with zero attached hydrogens (tertiary/aromatic N) is 3. The summed E-state index contributed by atoms with van der Waals surface area (Å²) in [6, 6.07) is 3.85. The number of likely N-dealkylation sites (tertiary alicyclic amines) is 1. The Kier molecular flexibility index (Phi) is 4.49. The van der Waals surface area contributed by atoms with Crippen LogP contribution in [0, 0.1) is 20.8 Å². The number of nitrogens with two attached hydrogens (primary N) is 1. The molecule has 6 nitrogen and oxygen atoms in total. The summed E-state index contributed by atoms with van der Waals surface area (Å²) in [5.74, 6) is 2.00. The molecular weight excluding hydrogens is 304 g/mol. The van der Waals surface area contributed by atoms with Gasteiger partial charge in [-0.1, -0.05) is 0 Å². The van der Waals surface area contributed by atoms with Crippen molar-refractivity contribution in [2.75, 3.05) is 13.1 Å². The van der Waals surface area contributed by atoms with Crippen LogP contribution in [0.1, 0.15) is 40.8 Å². The minimum absolute atomic E-state index is 0.0682. The molecule has 3 rings (SSSR count). The van der Waals surface area contributed by atoms with Gasteiger partial charge in [-0.05, 0) is 44.9 Å². The fraction of sp³-hybridized carbons (Fsp3) is 0.556. The fourth-order valence-corrected chi connectivity index (χ4v) is 3.56. The van der Waals surface area contributed by atoms with E-state index >= 15 is 0 Å². The van der Waals surface area contributed by atoms with Crippen LogP contribution >= 0.6 is 0 Å². The maximum Gasteiger partial charge on any atom is 0.222 e. The number of rotatable bonds is 4. The number of aryl methyl sites for hydroxylation is 3. The van der Waals surface area contributed by atoms with Crippen molar-refractivity contribution in [1.82, 2.24) is 14.7 Å². The molecule has 0 saturated carbocycles. The largest absolute Gasteiger partial charge is 0.466 e. The van der Waals surface area contributed by atoms with Crippen molar-refractivity contribution in [3.05, 3.63) is 40.6 Å². The number of hydrogen-bond donors (Lipinski definition) is 1. The van der Waals surface area contributed by atoms with Gasteiger partial charge >= 0.3 is 0 Å². The van der Waals surface area contributed by atoms with E-state index in [1.807, 2.05) is 49.5 Å². The molecule has 2 aromatic heterocycles. The van der Waals surface area contributed by atoms with Crippen LogP contribution in [0.5, 0.6) is 0 Å². The van der Waals surface area contributed by atoms with Crippen molar-refractivity contribution in [2.45, 2.75) is 45.6 Å². The molecule has 0 spiro atoms. The molecule has 1 fully saturated rings. The Balaban J connectivity index is 1.62. The third-order valence-corrected chi connectivity index (χ3v) is 5.09. The van der Waals surface area contributed by atoms with Crippen molar-refractivity contribution < 1.29 is 9.21 Å². The summed E-state index contributed by atoms with van der Waals surface area (Å²) in [5.41, 5.74) is 9.55. The molecule has 1 aliphatic heterocycles. The molecule has 3 heterocycles. The highest BCUT2D eigenvalue weighted by Gasteiger charge is 2.35. The van der Waals surface area contributed by atoms with Crippen molar-refractivity contribution in [3.8, 4) is 0 Å². The number of carbonyl (C=O) groups excluding carboxylic acids is 1. The summed E-state index contributed by atoms with van der Waals surface area (Å²) >= 11 is 0. The standard InChI is InChI=1S/C18H26N4O2/c1-11-5-7-17(24-11)15-9-22(10-16(15)19)18(23)8-6-14-12(2)20-21(4)13(14)3/h5,7,15-16H,6,8-10,19H2,1-4H3/t15-,16-/m0/s1. The molecule has 0 radical (unpaired) electrons. The zero-order chi connectivity index (χ0) is 17.4. The number of amides is 1. The lowest BCUT2D eigenvalue weighted by molar-refractivity contribution is -0.130. The molecule has 1 amide bonds. The van der Waals surface area contributed by atoms with Crippen LogP contribution in [-0.4, -0.2) is 39.7 Å². The monoisotopic (exact) mass is 330 g/mol. The number of hydrogen-bond acceptors (Lipinski definition) is 4. The third kappa shape index (κ3) is 3.11. The summed E-state index contributed by atoms with van der Waals surface area (Å²) in [7, 11) is 1.93. The third-order valence-electron chi connectivity index (χ3n) is 5.09. The first-order valence-electron chi connectivity index (χ1n) is 8.45. The van der Waals surface area contributed by atoms with Gasteiger partial charge in [-0.3, -0.25) is 9.48 Å². The van der Waals surface area contributed by atoms with Gasteiger partial charge in [0.1, 0.15) is 11.5 Å². The van der Waals surface area contributed by atoms with Crippen molar-refractivity contribution in [1.29, 1.82) is 0 Å². The van der Waals surface area contributed by atoms with E-state index in [0.29, 0.717) is 19.5 Å². The van der Waals surface area contributed by atoms with Gasteiger partial charge < -0.3 is 15.1 Å². The average Bonchev–Trinajstić information content (AvgIpc) is 3.18. The molecular formula is C18H26N4O2. The molecule has 130 valence electrons. The lowest BCUT2D eigenvalue weighted by Gasteiger charge is -2.16. The van der Waals surface area contributed by atoms with E-state index in [4.69, 9.17) is 10.2 Å². The Morgan fingerprint density at radius 3 is 2.67 bits per heavy atom. The maximum absolute atomic E-state index is 12.6.